The number of carbonyl (C=O) groups is 2. The first-order valence-corrected chi connectivity index (χ1v) is 7.32. The van der Waals surface area contributed by atoms with Gasteiger partial charge in [0.05, 0.1) is 18.7 Å². The molecule has 1 aromatic heterocycles. The molecule has 1 aromatic rings. The van der Waals surface area contributed by atoms with Crippen molar-refractivity contribution in [3.8, 4) is 0 Å². The van der Waals surface area contributed by atoms with Crippen LogP contribution in [0.2, 0.25) is 0 Å². The van der Waals surface area contributed by atoms with Crippen molar-refractivity contribution in [1.29, 1.82) is 0 Å². The summed E-state index contributed by atoms with van der Waals surface area (Å²) < 4.78 is 2.20. The second kappa shape index (κ2) is 4.41. The maximum absolute atomic E-state index is 12.4. The lowest BCUT2D eigenvalue weighted by molar-refractivity contribution is -0.125. The van der Waals surface area contributed by atoms with Crippen molar-refractivity contribution in [3.05, 3.63) is 17.2 Å². The molecule has 1 saturated carbocycles. The topological polar surface area (TPSA) is 79.6 Å². The molecule has 1 fully saturated rings. The largest absolute Gasteiger partial charge is 0.334 e. The zero-order valence-electron chi connectivity index (χ0n) is 11.9. The van der Waals surface area contributed by atoms with Crippen molar-refractivity contribution >= 4 is 17.5 Å². The quantitative estimate of drug-likeness (QED) is 0.835. The van der Waals surface area contributed by atoms with E-state index in [4.69, 9.17) is 4.98 Å². The number of hydrazone groups is 1. The van der Waals surface area contributed by atoms with Crippen LogP contribution >= 0.6 is 0 Å². The first-order chi connectivity index (χ1) is 10.1. The summed E-state index contributed by atoms with van der Waals surface area (Å²) in [5.41, 5.74) is 4.87. The maximum Gasteiger partial charge on any atom is 0.270 e. The highest BCUT2D eigenvalue weighted by Gasteiger charge is 2.34. The fraction of sp³-hybridized carbons (Fsp3) is 0.571. The number of aromatic nitrogens is 2. The van der Waals surface area contributed by atoms with Crippen LogP contribution in [-0.2, 0) is 29.6 Å². The minimum absolute atomic E-state index is 0.0811. The SMILES string of the molecule is Cn1c(C2CC2)nc2c1CCN(C(=O)C1=NNC(=O)C1)C2. The van der Waals surface area contributed by atoms with E-state index in [0.717, 1.165) is 17.9 Å². The van der Waals surface area contributed by atoms with Crippen molar-refractivity contribution in [2.75, 3.05) is 6.54 Å². The van der Waals surface area contributed by atoms with Gasteiger partial charge in [-0.3, -0.25) is 9.59 Å². The Bertz CT molecular complexity index is 671. The number of rotatable bonds is 2. The highest BCUT2D eigenvalue weighted by atomic mass is 16.2. The number of nitrogens with one attached hydrogen (secondary N) is 1. The van der Waals surface area contributed by atoms with Crippen molar-refractivity contribution in [2.24, 2.45) is 12.1 Å². The fourth-order valence-electron chi connectivity index (χ4n) is 3.10. The summed E-state index contributed by atoms with van der Waals surface area (Å²) >= 11 is 0. The summed E-state index contributed by atoms with van der Waals surface area (Å²) in [5.74, 6) is 1.39. The predicted octanol–water partition coefficient (Wildman–Crippen LogP) is 0.0581. The smallest absolute Gasteiger partial charge is 0.270 e. The molecule has 7 nitrogen and oxygen atoms in total. The van der Waals surface area contributed by atoms with Crippen LogP contribution in [0.1, 0.15) is 42.4 Å². The van der Waals surface area contributed by atoms with Crippen molar-refractivity contribution in [1.82, 2.24) is 19.9 Å². The second-order valence-electron chi connectivity index (χ2n) is 5.94. The van der Waals surface area contributed by atoms with Gasteiger partial charge in [-0.15, -0.1) is 0 Å². The monoisotopic (exact) mass is 287 g/mol. The summed E-state index contributed by atoms with van der Waals surface area (Å²) in [4.78, 5) is 30.0. The van der Waals surface area contributed by atoms with Gasteiger partial charge in [0.2, 0.25) is 5.91 Å². The Hall–Kier alpha value is -2.18. The molecule has 3 heterocycles. The molecule has 3 aliphatic rings. The average molecular weight is 287 g/mol. The van der Waals surface area contributed by atoms with Gasteiger partial charge in [0.25, 0.3) is 5.91 Å². The van der Waals surface area contributed by atoms with E-state index in [0.29, 0.717) is 24.7 Å². The number of carbonyl (C=O) groups excluding carboxylic acids is 2. The number of nitrogens with zero attached hydrogens (tertiary/aromatic N) is 4. The van der Waals surface area contributed by atoms with Crippen LogP contribution in [0, 0.1) is 0 Å². The Morgan fingerprint density at radius 3 is 2.86 bits per heavy atom. The van der Waals surface area contributed by atoms with Gasteiger partial charge in [0.1, 0.15) is 11.5 Å². The number of hydrogen-bond donors (Lipinski definition) is 1. The number of fused-ring (bicyclic) bond motifs is 1. The van der Waals surface area contributed by atoms with E-state index in [2.05, 4.69) is 22.1 Å². The predicted molar refractivity (Wildman–Crippen MR) is 74.5 cm³/mol. The molecule has 1 N–H and O–H groups in total. The molecule has 0 radical (unpaired) electrons. The van der Waals surface area contributed by atoms with E-state index < -0.39 is 0 Å². The van der Waals surface area contributed by atoms with E-state index in [1.807, 2.05) is 0 Å². The van der Waals surface area contributed by atoms with Crippen LogP contribution < -0.4 is 5.43 Å². The number of amides is 2. The van der Waals surface area contributed by atoms with Gasteiger partial charge in [-0.25, -0.2) is 10.4 Å². The van der Waals surface area contributed by atoms with Gasteiger partial charge >= 0.3 is 0 Å². The lowest BCUT2D eigenvalue weighted by atomic mass is 10.1. The molecule has 0 saturated heterocycles. The molecule has 2 aliphatic heterocycles. The summed E-state index contributed by atoms with van der Waals surface area (Å²) in [6.07, 6.45) is 3.33. The van der Waals surface area contributed by atoms with E-state index in [1.54, 1.807) is 4.90 Å². The average Bonchev–Trinajstić information content (AvgIpc) is 3.16. The van der Waals surface area contributed by atoms with Crippen LogP contribution in [0.15, 0.2) is 5.10 Å². The molecule has 1 aliphatic carbocycles. The minimum Gasteiger partial charge on any atom is -0.334 e. The van der Waals surface area contributed by atoms with E-state index >= 15 is 0 Å². The van der Waals surface area contributed by atoms with Crippen molar-refractivity contribution < 1.29 is 9.59 Å². The third-order valence-corrected chi connectivity index (χ3v) is 4.41. The Labute approximate surface area is 122 Å². The van der Waals surface area contributed by atoms with Crippen molar-refractivity contribution in [3.63, 3.8) is 0 Å². The molecule has 110 valence electrons. The Kier molecular flexibility index (Phi) is 2.63. The summed E-state index contributed by atoms with van der Waals surface area (Å²) in [7, 11) is 2.07. The van der Waals surface area contributed by atoms with E-state index in [-0.39, 0.29) is 18.2 Å². The number of imidazole rings is 1. The van der Waals surface area contributed by atoms with E-state index in [9.17, 15) is 9.59 Å². The first-order valence-electron chi connectivity index (χ1n) is 7.32. The molecular weight excluding hydrogens is 270 g/mol. The molecular formula is C14H17N5O2. The standard InChI is InChI=1S/C14H17N5O2/c1-18-11-4-5-19(14(21)9-6-12(20)17-16-9)7-10(11)15-13(18)8-2-3-8/h8H,2-7H2,1H3,(H,17,20). The Morgan fingerprint density at radius 1 is 1.38 bits per heavy atom. The van der Waals surface area contributed by atoms with Gasteiger partial charge in [-0.05, 0) is 12.8 Å². The van der Waals surface area contributed by atoms with Crippen molar-refractivity contribution in [2.45, 2.75) is 38.1 Å². The van der Waals surface area contributed by atoms with Crippen LogP contribution in [-0.4, -0.2) is 38.5 Å². The zero-order valence-corrected chi connectivity index (χ0v) is 11.9. The third-order valence-electron chi connectivity index (χ3n) is 4.41. The molecule has 21 heavy (non-hydrogen) atoms. The zero-order chi connectivity index (χ0) is 14.6. The molecule has 4 rings (SSSR count). The molecule has 0 atom stereocenters. The van der Waals surface area contributed by atoms with Gasteiger partial charge in [0, 0.05) is 31.6 Å². The molecule has 2 amide bonds. The van der Waals surface area contributed by atoms with Crippen LogP contribution in [0.4, 0.5) is 0 Å². The van der Waals surface area contributed by atoms with Gasteiger partial charge in [-0.1, -0.05) is 0 Å². The third kappa shape index (κ3) is 2.03. The summed E-state index contributed by atoms with van der Waals surface area (Å²) in [5, 5.41) is 3.81. The van der Waals surface area contributed by atoms with Crippen LogP contribution in [0.25, 0.3) is 0 Å². The minimum atomic E-state index is -0.218. The van der Waals surface area contributed by atoms with E-state index in [1.165, 1.54) is 18.5 Å². The molecule has 0 aromatic carbocycles. The lowest BCUT2D eigenvalue weighted by Gasteiger charge is -2.26. The Morgan fingerprint density at radius 2 is 2.19 bits per heavy atom. The molecule has 7 heteroatoms. The van der Waals surface area contributed by atoms with Gasteiger partial charge < -0.3 is 9.47 Å². The highest BCUT2D eigenvalue weighted by Crippen LogP contribution is 2.40. The second-order valence-corrected chi connectivity index (χ2v) is 5.94. The first kappa shape index (κ1) is 12.6. The molecule has 0 unspecified atom stereocenters. The maximum atomic E-state index is 12.4. The Balaban J connectivity index is 1.55. The highest BCUT2D eigenvalue weighted by molar-refractivity contribution is 6.43. The lowest BCUT2D eigenvalue weighted by Crippen LogP contribution is -2.40. The van der Waals surface area contributed by atoms with Crippen LogP contribution in [0.3, 0.4) is 0 Å². The fourth-order valence-corrected chi connectivity index (χ4v) is 3.10. The summed E-state index contributed by atoms with van der Waals surface area (Å²) in [6, 6.07) is 0. The van der Waals surface area contributed by atoms with Gasteiger partial charge in [-0.2, -0.15) is 5.10 Å². The van der Waals surface area contributed by atoms with Gasteiger partial charge in [0.15, 0.2) is 0 Å². The molecule has 0 spiro atoms. The normalized spacial score (nSPS) is 21.1. The molecule has 0 bridgehead atoms. The number of hydrogen-bond acceptors (Lipinski definition) is 4. The van der Waals surface area contributed by atoms with Crippen LogP contribution in [0.5, 0.6) is 0 Å². The summed E-state index contributed by atoms with van der Waals surface area (Å²) in [6.45, 7) is 1.17.